The van der Waals surface area contributed by atoms with Crippen LogP contribution in [0.5, 0.6) is 0 Å². The Kier molecular flexibility index (Phi) is 6.38. The van der Waals surface area contributed by atoms with Crippen LogP contribution in [0.15, 0.2) is 96.0 Å². The number of esters is 1. The molecule has 3 nitrogen and oxygen atoms in total. The molecule has 3 aromatic carbocycles. The molecule has 0 bridgehead atoms. The zero-order valence-electron chi connectivity index (χ0n) is 16.3. The van der Waals surface area contributed by atoms with E-state index in [4.69, 9.17) is 9.73 Å². The van der Waals surface area contributed by atoms with E-state index in [0.29, 0.717) is 6.61 Å². The molecule has 3 heteroatoms. The van der Waals surface area contributed by atoms with Gasteiger partial charge in [0.15, 0.2) is 0 Å². The highest BCUT2D eigenvalue weighted by Gasteiger charge is 2.31. The molecule has 142 valence electrons. The third-order valence-electron chi connectivity index (χ3n) is 4.64. The van der Waals surface area contributed by atoms with Gasteiger partial charge in [-0.3, -0.25) is 9.79 Å². The number of ether oxygens (including phenoxy) is 1. The van der Waals surface area contributed by atoms with Gasteiger partial charge in [0.2, 0.25) is 0 Å². The van der Waals surface area contributed by atoms with Crippen molar-refractivity contribution in [3.8, 4) is 0 Å². The third-order valence-corrected chi connectivity index (χ3v) is 4.64. The number of carbonyl (C=O) groups excluding carboxylic acids is 1. The Morgan fingerprint density at radius 1 is 0.821 bits per heavy atom. The number of aliphatic imine (C=N–C) groups is 1. The van der Waals surface area contributed by atoms with Crippen LogP contribution in [0, 0.1) is 0 Å². The summed E-state index contributed by atoms with van der Waals surface area (Å²) in [6.45, 7) is 4.17. The Labute approximate surface area is 166 Å². The van der Waals surface area contributed by atoms with Gasteiger partial charge in [-0.15, -0.1) is 0 Å². The minimum Gasteiger partial charge on any atom is -0.466 e. The van der Waals surface area contributed by atoms with Crippen molar-refractivity contribution in [1.29, 1.82) is 0 Å². The van der Waals surface area contributed by atoms with Crippen molar-refractivity contribution in [1.82, 2.24) is 0 Å². The summed E-state index contributed by atoms with van der Waals surface area (Å²) in [5, 5.41) is 0. The van der Waals surface area contributed by atoms with Gasteiger partial charge in [0.1, 0.15) is 0 Å². The van der Waals surface area contributed by atoms with Crippen molar-refractivity contribution >= 4 is 11.7 Å². The van der Waals surface area contributed by atoms with E-state index in [-0.39, 0.29) is 12.4 Å². The summed E-state index contributed by atoms with van der Waals surface area (Å²) in [7, 11) is 0. The van der Waals surface area contributed by atoms with Crippen LogP contribution in [-0.4, -0.2) is 18.3 Å². The molecule has 0 aliphatic heterocycles. The summed E-state index contributed by atoms with van der Waals surface area (Å²) in [6, 6.07) is 30.1. The van der Waals surface area contributed by atoms with Crippen molar-refractivity contribution in [3.63, 3.8) is 0 Å². The van der Waals surface area contributed by atoms with Crippen molar-refractivity contribution < 1.29 is 9.53 Å². The molecular formula is C25H25NO2. The van der Waals surface area contributed by atoms with Crippen molar-refractivity contribution in [2.75, 3.05) is 6.61 Å². The molecule has 0 saturated heterocycles. The summed E-state index contributed by atoms with van der Waals surface area (Å²) >= 11 is 0. The molecule has 0 aromatic heterocycles. The largest absolute Gasteiger partial charge is 0.466 e. The summed E-state index contributed by atoms with van der Waals surface area (Å²) < 4.78 is 5.24. The number of hydrogen-bond donors (Lipinski definition) is 0. The molecule has 3 aromatic rings. The maximum absolute atomic E-state index is 12.4. The molecule has 0 saturated carbocycles. The van der Waals surface area contributed by atoms with Gasteiger partial charge in [0.25, 0.3) is 0 Å². The topological polar surface area (TPSA) is 38.7 Å². The van der Waals surface area contributed by atoms with Gasteiger partial charge in [-0.25, -0.2) is 0 Å². The van der Waals surface area contributed by atoms with Crippen molar-refractivity contribution in [3.05, 3.63) is 108 Å². The highest BCUT2D eigenvalue weighted by Crippen LogP contribution is 2.31. The molecule has 0 aliphatic rings. The van der Waals surface area contributed by atoms with Gasteiger partial charge in [-0.05, 0) is 19.4 Å². The molecule has 0 fully saturated rings. The zero-order valence-corrected chi connectivity index (χ0v) is 16.3. The highest BCUT2D eigenvalue weighted by atomic mass is 16.5. The van der Waals surface area contributed by atoms with Gasteiger partial charge in [0.05, 0.1) is 24.3 Å². The predicted octanol–water partition coefficient (Wildman–Crippen LogP) is 5.39. The quantitative estimate of drug-likeness (QED) is 0.412. The first-order chi connectivity index (χ1) is 13.6. The molecule has 3 rings (SSSR count). The van der Waals surface area contributed by atoms with Gasteiger partial charge >= 0.3 is 5.97 Å². The van der Waals surface area contributed by atoms with E-state index < -0.39 is 5.54 Å². The minimum absolute atomic E-state index is 0.175. The fourth-order valence-electron chi connectivity index (χ4n) is 3.23. The maximum atomic E-state index is 12.4. The molecular weight excluding hydrogens is 346 g/mol. The average Bonchev–Trinajstić information content (AvgIpc) is 2.74. The van der Waals surface area contributed by atoms with Crippen LogP contribution in [-0.2, 0) is 15.1 Å². The van der Waals surface area contributed by atoms with E-state index >= 15 is 0 Å². The second kappa shape index (κ2) is 9.14. The zero-order chi connectivity index (χ0) is 19.8. The van der Waals surface area contributed by atoms with Gasteiger partial charge in [-0.1, -0.05) is 91.0 Å². The van der Waals surface area contributed by atoms with E-state index in [0.717, 1.165) is 22.4 Å². The predicted molar refractivity (Wildman–Crippen MR) is 114 cm³/mol. The van der Waals surface area contributed by atoms with Crippen LogP contribution in [0.4, 0.5) is 0 Å². The lowest BCUT2D eigenvalue weighted by atomic mass is 9.88. The molecule has 28 heavy (non-hydrogen) atoms. The maximum Gasteiger partial charge on any atom is 0.308 e. The molecule has 1 unspecified atom stereocenters. The lowest BCUT2D eigenvalue weighted by molar-refractivity contribution is -0.144. The SMILES string of the molecule is CCOC(=O)CC(C)(N=C(c1ccccc1)c1ccccc1)c1ccccc1. The van der Waals surface area contributed by atoms with Crippen LogP contribution >= 0.6 is 0 Å². The molecule has 1 atom stereocenters. The Hall–Kier alpha value is -3.20. The molecule has 0 aliphatic carbocycles. The summed E-state index contributed by atoms with van der Waals surface area (Å²) in [5.41, 5.74) is 3.12. The molecule has 0 N–H and O–H groups in total. The Morgan fingerprint density at radius 3 is 1.75 bits per heavy atom. The van der Waals surface area contributed by atoms with Crippen LogP contribution in [0.3, 0.4) is 0 Å². The smallest absolute Gasteiger partial charge is 0.308 e. The fraction of sp³-hybridized carbons (Fsp3) is 0.200. The first-order valence-electron chi connectivity index (χ1n) is 9.54. The van der Waals surface area contributed by atoms with Crippen molar-refractivity contribution in [2.45, 2.75) is 25.8 Å². The van der Waals surface area contributed by atoms with Gasteiger partial charge in [0, 0.05) is 11.1 Å². The van der Waals surface area contributed by atoms with Crippen LogP contribution < -0.4 is 0 Å². The lowest BCUT2D eigenvalue weighted by Crippen LogP contribution is -2.27. The standard InChI is InChI=1S/C25H25NO2/c1-3-28-23(27)19-25(2,22-17-11-6-12-18-22)26-24(20-13-7-4-8-14-20)21-15-9-5-10-16-21/h4-18H,3,19H2,1-2H3. The second-order valence-electron chi connectivity index (χ2n) is 6.81. The lowest BCUT2D eigenvalue weighted by Gasteiger charge is -2.27. The number of nitrogens with zero attached hydrogens (tertiary/aromatic N) is 1. The molecule has 0 amide bonds. The second-order valence-corrected chi connectivity index (χ2v) is 6.81. The Morgan fingerprint density at radius 2 is 1.29 bits per heavy atom. The highest BCUT2D eigenvalue weighted by molar-refractivity contribution is 6.13. The summed E-state index contributed by atoms with van der Waals surface area (Å²) in [6.07, 6.45) is 0.175. The van der Waals surface area contributed by atoms with E-state index in [2.05, 4.69) is 0 Å². The monoisotopic (exact) mass is 371 g/mol. The number of carbonyl (C=O) groups is 1. The first-order valence-corrected chi connectivity index (χ1v) is 9.54. The van der Waals surface area contributed by atoms with E-state index in [9.17, 15) is 4.79 Å². The first kappa shape index (κ1) is 19.6. The van der Waals surface area contributed by atoms with E-state index in [1.54, 1.807) is 0 Å². The third kappa shape index (κ3) is 4.74. The summed E-state index contributed by atoms with van der Waals surface area (Å²) in [5.74, 6) is -0.252. The normalized spacial score (nSPS) is 12.6. The Bertz CT molecular complexity index is 879. The molecule has 0 spiro atoms. The number of hydrogen-bond acceptors (Lipinski definition) is 3. The fourth-order valence-corrected chi connectivity index (χ4v) is 3.23. The van der Waals surface area contributed by atoms with Gasteiger partial charge < -0.3 is 4.74 Å². The van der Waals surface area contributed by atoms with Crippen LogP contribution in [0.2, 0.25) is 0 Å². The molecule has 0 heterocycles. The van der Waals surface area contributed by atoms with Crippen molar-refractivity contribution in [2.24, 2.45) is 4.99 Å². The minimum atomic E-state index is -0.742. The molecule has 0 radical (unpaired) electrons. The van der Waals surface area contributed by atoms with E-state index in [1.165, 1.54) is 0 Å². The van der Waals surface area contributed by atoms with Crippen LogP contribution in [0.25, 0.3) is 0 Å². The summed E-state index contributed by atoms with van der Waals surface area (Å²) in [4.78, 5) is 17.6. The average molecular weight is 371 g/mol. The van der Waals surface area contributed by atoms with Gasteiger partial charge in [-0.2, -0.15) is 0 Å². The number of benzene rings is 3. The Balaban J connectivity index is 2.15. The number of rotatable bonds is 7. The van der Waals surface area contributed by atoms with E-state index in [1.807, 2.05) is 105 Å². The van der Waals surface area contributed by atoms with Crippen LogP contribution in [0.1, 0.15) is 37.0 Å².